The summed E-state index contributed by atoms with van der Waals surface area (Å²) in [5.41, 5.74) is 1.08. The summed E-state index contributed by atoms with van der Waals surface area (Å²) in [6.45, 7) is 2.27. The number of halogens is 3. The fourth-order valence-electron chi connectivity index (χ4n) is 2.64. The molecular weight excluding hydrogens is 258 g/mol. The quantitative estimate of drug-likeness (QED) is 0.661. The van der Waals surface area contributed by atoms with E-state index in [0.717, 1.165) is 30.7 Å². The van der Waals surface area contributed by atoms with Gasteiger partial charge in [0, 0.05) is 5.38 Å². The van der Waals surface area contributed by atoms with Gasteiger partial charge in [0.25, 0.3) is 0 Å². The molecule has 1 aliphatic carbocycles. The molecule has 3 atom stereocenters. The van der Waals surface area contributed by atoms with Crippen LogP contribution in [0.2, 0.25) is 5.02 Å². The van der Waals surface area contributed by atoms with Crippen LogP contribution in [0.4, 0.5) is 4.39 Å². The van der Waals surface area contributed by atoms with E-state index < -0.39 is 0 Å². The van der Waals surface area contributed by atoms with Crippen molar-refractivity contribution in [3.05, 3.63) is 34.6 Å². The monoisotopic (exact) mass is 274 g/mol. The fourth-order valence-corrected chi connectivity index (χ4v) is 3.16. The molecule has 0 N–H and O–H groups in total. The lowest BCUT2D eigenvalue weighted by Gasteiger charge is -2.31. The van der Waals surface area contributed by atoms with E-state index in [1.54, 1.807) is 6.07 Å². The van der Waals surface area contributed by atoms with E-state index >= 15 is 0 Å². The van der Waals surface area contributed by atoms with Crippen LogP contribution in [0.5, 0.6) is 0 Å². The molecule has 3 heteroatoms. The summed E-state index contributed by atoms with van der Waals surface area (Å²) in [5.74, 6) is 0.878. The summed E-state index contributed by atoms with van der Waals surface area (Å²) in [6, 6.07) is 4.97. The molecule has 3 unspecified atom stereocenters. The van der Waals surface area contributed by atoms with E-state index in [1.165, 1.54) is 12.5 Å². The Labute approximate surface area is 112 Å². The molecule has 1 aliphatic rings. The third kappa shape index (κ3) is 3.35. The Morgan fingerprint density at radius 3 is 2.82 bits per heavy atom. The van der Waals surface area contributed by atoms with Crippen molar-refractivity contribution in [1.29, 1.82) is 0 Å². The highest BCUT2D eigenvalue weighted by molar-refractivity contribution is 6.30. The molecular formula is C14H17Cl2F. The highest BCUT2D eigenvalue weighted by Gasteiger charge is 2.27. The average Bonchev–Trinajstić information content (AvgIpc) is 2.29. The predicted octanol–water partition coefficient (Wildman–Crippen LogP) is 5.07. The molecule has 0 spiro atoms. The van der Waals surface area contributed by atoms with Crippen LogP contribution in [0.25, 0.3) is 0 Å². The van der Waals surface area contributed by atoms with Crippen molar-refractivity contribution in [1.82, 2.24) is 0 Å². The third-order valence-electron chi connectivity index (χ3n) is 3.63. The number of hydrogen-bond acceptors (Lipinski definition) is 0. The molecule has 0 aliphatic heterocycles. The van der Waals surface area contributed by atoms with E-state index in [2.05, 4.69) is 6.92 Å². The first-order chi connectivity index (χ1) is 8.06. The van der Waals surface area contributed by atoms with E-state index in [1.807, 2.05) is 6.07 Å². The van der Waals surface area contributed by atoms with Crippen molar-refractivity contribution in [3.63, 3.8) is 0 Å². The molecule has 1 saturated carbocycles. The van der Waals surface area contributed by atoms with Gasteiger partial charge < -0.3 is 0 Å². The highest BCUT2D eigenvalue weighted by atomic mass is 35.5. The van der Waals surface area contributed by atoms with Gasteiger partial charge in [0.05, 0.1) is 5.02 Å². The molecule has 0 heterocycles. The topological polar surface area (TPSA) is 0 Å². The lowest BCUT2D eigenvalue weighted by Crippen LogP contribution is -2.25. The van der Waals surface area contributed by atoms with Crippen LogP contribution in [-0.4, -0.2) is 5.38 Å². The molecule has 1 aromatic carbocycles. The zero-order chi connectivity index (χ0) is 12.4. The van der Waals surface area contributed by atoms with Crippen LogP contribution in [-0.2, 0) is 6.42 Å². The molecule has 0 bridgehead atoms. The van der Waals surface area contributed by atoms with Crippen molar-refractivity contribution >= 4 is 23.2 Å². The van der Waals surface area contributed by atoms with E-state index in [0.29, 0.717) is 5.92 Å². The average molecular weight is 275 g/mol. The summed E-state index contributed by atoms with van der Waals surface area (Å²) in [4.78, 5) is 0. The Morgan fingerprint density at radius 1 is 1.35 bits per heavy atom. The van der Waals surface area contributed by atoms with Crippen molar-refractivity contribution in [2.45, 2.75) is 38.0 Å². The van der Waals surface area contributed by atoms with Crippen LogP contribution in [0.3, 0.4) is 0 Å². The van der Waals surface area contributed by atoms with Crippen molar-refractivity contribution in [2.24, 2.45) is 11.8 Å². The summed E-state index contributed by atoms with van der Waals surface area (Å²) >= 11 is 12.2. The Kier molecular flexibility index (Phi) is 4.32. The van der Waals surface area contributed by atoms with Crippen molar-refractivity contribution in [3.8, 4) is 0 Å². The molecule has 1 aromatic rings. The maximum atomic E-state index is 13.1. The molecule has 1 fully saturated rings. The SMILES string of the molecule is CC1CCC(Cl)C(Cc2ccc(F)c(Cl)c2)C1. The van der Waals surface area contributed by atoms with Gasteiger partial charge >= 0.3 is 0 Å². The Balaban J connectivity index is 2.06. The predicted molar refractivity (Wildman–Crippen MR) is 71.3 cm³/mol. The standard InChI is InChI=1S/C14H17Cl2F/c1-9-2-4-12(15)11(6-9)7-10-3-5-14(17)13(16)8-10/h3,5,8-9,11-12H,2,4,6-7H2,1H3. The van der Waals surface area contributed by atoms with Gasteiger partial charge in [-0.3, -0.25) is 0 Å². The van der Waals surface area contributed by atoms with Gasteiger partial charge in [-0.2, -0.15) is 0 Å². The first kappa shape index (κ1) is 13.2. The van der Waals surface area contributed by atoms with Crippen molar-refractivity contribution in [2.75, 3.05) is 0 Å². The van der Waals surface area contributed by atoms with Gasteiger partial charge in [-0.25, -0.2) is 4.39 Å². The first-order valence-corrected chi connectivity index (χ1v) is 6.95. The largest absolute Gasteiger partial charge is 0.205 e. The van der Waals surface area contributed by atoms with Crippen LogP contribution in [0.15, 0.2) is 18.2 Å². The maximum absolute atomic E-state index is 13.1. The Morgan fingerprint density at radius 2 is 2.12 bits per heavy atom. The van der Waals surface area contributed by atoms with E-state index in [4.69, 9.17) is 23.2 Å². The number of alkyl halides is 1. The highest BCUT2D eigenvalue weighted by Crippen LogP contribution is 2.35. The molecule has 0 amide bonds. The van der Waals surface area contributed by atoms with Gasteiger partial charge in [-0.15, -0.1) is 11.6 Å². The fraction of sp³-hybridized carbons (Fsp3) is 0.571. The van der Waals surface area contributed by atoms with Gasteiger partial charge in [0.15, 0.2) is 0 Å². The summed E-state index contributed by atoms with van der Waals surface area (Å²) in [7, 11) is 0. The van der Waals surface area contributed by atoms with Gasteiger partial charge in [0.2, 0.25) is 0 Å². The normalized spacial score (nSPS) is 29.3. The first-order valence-electron chi connectivity index (χ1n) is 6.14. The molecule has 17 heavy (non-hydrogen) atoms. The smallest absolute Gasteiger partial charge is 0.141 e. The van der Waals surface area contributed by atoms with Gasteiger partial charge in [-0.05, 0) is 55.2 Å². The van der Waals surface area contributed by atoms with E-state index in [9.17, 15) is 4.39 Å². The third-order valence-corrected chi connectivity index (χ3v) is 4.50. The second-order valence-corrected chi connectivity index (χ2v) is 6.11. The van der Waals surface area contributed by atoms with Crippen LogP contribution >= 0.6 is 23.2 Å². The maximum Gasteiger partial charge on any atom is 0.141 e. The lowest BCUT2D eigenvalue weighted by molar-refractivity contribution is 0.287. The zero-order valence-corrected chi connectivity index (χ0v) is 11.4. The lowest BCUT2D eigenvalue weighted by atomic mass is 9.79. The molecule has 94 valence electrons. The second-order valence-electron chi connectivity index (χ2n) is 5.15. The Hall–Kier alpha value is -0.270. The zero-order valence-electron chi connectivity index (χ0n) is 9.93. The minimum absolute atomic E-state index is 0.206. The van der Waals surface area contributed by atoms with Crippen LogP contribution < -0.4 is 0 Å². The molecule has 0 aromatic heterocycles. The summed E-state index contributed by atoms with van der Waals surface area (Å²) in [5, 5.41) is 0.451. The van der Waals surface area contributed by atoms with Crippen molar-refractivity contribution < 1.29 is 4.39 Å². The van der Waals surface area contributed by atoms with Crippen LogP contribution in [0, 0.1) is 17.7 Å². The summed E-state index contributed by atoms with van der Waals surface area (Å²) in [6.07, 6.45) is 4.36. The van der Waals surface area contributed by atoms with Gasteiger partial charge in [-0.1, -0.05) is 24.6 Å². The number of benzene rings is 1. The summed E-state index contributed by atoms with van der Waals surface area (Å²) < 4.78 is 13.1. The number of rotatable bonds is 2. The Bertz CT molecular complexity index is 392. The molecule has 0 radical (unpaired) electrons. The molecule has 0 nitrogen and oxygen atoms in total. The minimum Gasteiger partial charge on any atom is -0.205 e. The van der Waals surface area contributed by atoms with Gasteiger partial charge in [0.1, 0.15) is 5.82 Å². The number of hydrogen-bond donors (Lipinski definition) is 0. The van der Waals surface area contributed by atoms with Crippen LogP contribution in [0.1, 0.15) is 31.7 Å². The molecule has 2 rings (SSSR count). The minimum atomic E-state index is -0.352. The second kappa shape index (κ2) is 5.58. The van der Waals surface area contributed by atoms with E-state index in [-0.39, 0.29) is 16.2 Å². The molecule has 0 saturated heterocycles.